The minimum atomic E-state index is -0.487. The molecular weight excluding hydrogens is 474 g/mol. The van der Waals surface area contributed by atoms with Crippen molar-refractivity contribution in [3.8, 4) is 22.8 Å². The quantitative estimate of drug-likeness (QED) is 0.474. The number of amides is 2. The molecule has 0 atom stereocenters. The monoisotopic (exact) mass is 503 g/mol. The van der Waals surface area contributed by atoms with Crippen LogP contribution in [0.4, 0.5) is 5.13 Å². The van der Waals surface area contributed by atoms with Gasteiger partial charge in [0.15, 0.2) is 5.13 Å². The van der Waals surface area contributed by atoms with Crippen LogP contribution in [-0.2, 0) is 4.79 Å². The van der Waals surface area contributed by atoms with E-state index in [1.807, 2.05) is 84.6 Å². The number of likely N-dealkylation sites (tertiary alicyclic amines) is 1. The van der Waals surface area contributed by atoms with Gasteiger partial charge in [-0.2, -0.15) is 0 Å². The maximum absolute atomic E-state index is 12.3. The second-order valence-corrected chi connectivity index (χ2v) is 10.7. The summed E-state index contributed by atoms with van der Waals surface area (Å²) in [6, 6.07) is 17.1. The van der Waals surface area contributed by atoms with Gasteiger partial charge in [0, 0.05) is 49.8 Å². The lowest BCUT2D eigenvalue weighted by Crippen LogP contribution is -2.73. The van der Waals surface area contributed by atoms with Crippen LogP contribution in [-0.4, -0.2) is 73.4 Å². The number of rotatable bonds is 8. The molecule has 2 fully saturated rings. The molecule has 0 unspecified atom stereocenters. The molecule has 0 radical (unpaired) electrons. The van der Waals surface area contributed by atoms with Crippen molar-refractivity contribution < 1.29 is 14.3 Å². The largest absolute Gasteiger partial charge is 0.457 e. The maximum atomic E-state index is 12.3. The van der Waals surface area contributed by atoms with Crippen LogP contribution in [0.25, 0.3) is 11.3 Å². The lowest BCUT2D eigenvalue weighted by molar-refractivity contribution is -0.139. The van der Waals surface area contributed by atoms with Gasteiger partial charge in [0.25, 0.3) is 5.91 Å². The first-order chi connectivity index (χ1) is 17.3. The number of thiazole rings is 1. The van der Waals surface area contributed by atoms with E-state index in [4.69, 9.17) is 15.5 Å². The summed E-state index contributed by atoms with van der Waals surface area (Å²) in [6.45, 7) is 3.87. The average Bonchev–Trinajstić information content (AvgIpc) is 3.24. The Balaban J connectivity index is 1.22. The predicted octanol–water partition coefficient (Wildman–Crippen LogP) is 3.47. The Morgan fingerprint density at radius 1 is 1.06 bits per heavy atom. The van der Waals surface area contributed by atoms with Crippen LogP contribution in [0.15, 0.2) is 66.7 Å². The normalized spacial score (nSPS) is 16.3. The third kappa shape index (κ3) is 4.98. The van der Waals surface area contributed by atoms with Gasteiger partial charge in [-0.15, -0.1) is 0 Å². The fourth-order valence-corrected chi connectivity index (χ4v) is 5.54. The van der Waals surface area contributed by atoms with Gasteiger partial charge in [0.2, 0.25) is 5.91 Å². The molecule has 8 nitrogen and oxygen atoms in total. The molecule has 2 aliphatic rings. The van der Waals surface area contributed by atoms with E-state index in [1.165, 1.54) is 11.3 Å². The highest BCUT2D eigenvalue weighted by Crippen LogP contribution is 2.44. The first-order valence-electron chi connectivity index (χ1n) is 11.8. The number of nitrogens with zero attached hydrogens (tertiary/aromatic N) is 4. The molecule has 0 bridgehead atoms. The summed E-state index contributed by atoms with van der Waals surface area (Å²) in [6.07, 6.45) is 3.55. The number of likely N-dealkylation sites (N-methyl/N-ethyl adjacent to an activating group) is 1. The molecule has 2 amide bonds. The molecule has 1 aromatic heterocycles. The number of carbonyl (C=O) groups excluding carboxylic acids is 2. The van der Waals surface area contributed by atoms with Crippen molar-refractivity contribution in [1.29, 1.82) is 0 Å². The van der Waals surface area contributed by atoms with Gasteiger partial charge >= 0.3 is 0 Å². The first-order valence-corrected chi connectivity index (χ1v) is 12.6. The summed E-state index contributed by atoms with van der Waals surface area (Å²) in [4.78, 5) is 35.8. The SMILES string of the molecule is CN(C)C/C=C/C(=O)N1CC2(C1)CN(c1nc(-c3ccc(Oc4ccccc4)cc3)c(C(N)=O)s1)C2. The fraction of sp³-hybridized carbons (Fsp3) is 0.296. The van der Waals surface area contributed by atoms with Crippen LogP contribution >= 0.6 is 11.3 Å². The van der Waals surface area contributed by atoms with Crippen molar-refractivity contribution in [2.45, 2.75) is 0 Å². The van der Waals surface area contributed by atoms with Gasteiger partial charge in [0.05, 0.1) is 5.69 Å². The Labute approximate surface area is 214 Å². The molecule has 2 N–H and O–H groups in total. The number of benzene rings is 2. The zero-order valence-electron chi connectivity index (χ0n) is 20.4. The smallest absolute Gasteiger partial charge is 0.261 e. The van der Waals surface area contributed by atoms with Gasteiger partial charge in [-0.05, 0) is 50.5 Å². The molecule has 0 saturated carbocycles. The molecule has 2 aromatic carbocycles. The number of carbonyl (C=O) groups is 2. The van der Waals surface area contributed by atoms with Crippen LogP contribution < -0.4 is 15.4 Å². The average molecular weight is 504 g/mol. The lowest BCUT2D eigenvalue weighted by Gasteiger charge is -2.60. The minimum absolute atomic E-state index is 0.0631. The Morgan fingerprint density at radius 2 is 1.72 bits per heavy atom. The number of aromatic nitrogens is 1. The molecule has 0 aliphatic carbocycles. The fourth-order valence-electron chi connectivity index (χ4n) is 4.60. The number of hydrogen-bond donors (Lipinski definition) is 1. The van der Waals surface area contributed by atoms with Crippen molar-refractivity contribution in [3.05, 3.63) is 71.6 Å². The van der Waals surface area contributed by atoms with Crippen molar-refractivity contribution in [3.63, 3.8) is 0 Å². The standard InChI is InChI=1S/C27H29N5O3S/c1-30(2)14-6-9-22(33)31-15-27(16-31)17-32(18-27)26-29-23(24(36-26)25(28)34)19-10-12-21(13-11-19)35-20-7-4-3-5-8-20/h3-13H,14-18H2,1-2H3,(H2,28,34)/b9-6+. The summed E-state index contributed by atoms with van der Waals surface area (Å²) in [7, 11) is 3.94. The van der Waals surface area contributed by atoms with Gasteiger partial charge in [-0.3, -0.25) is 9.59 Å². The third-order valence-electron chi connectivity index (χ3n) is 6.36. The zero-order chi connectivity index (χ0) is 25.3. The number of anilines is 1. The predicted molar refractivity (Wildman–Crippen MR) is 142 cm³/mol. The van der Waals surface area contributed by atoms with Crippen LogP contribution in [0.2, 0.25) is 0 Å². The Kier molecular flexibility index (Phi) is 6.51. The van der Waals surface area contributed by atoms with E-state index in [2.05, 4.69) is 4.90 Å². The molecule has 36 heavy (non-hydrogen) atoms. The van der Waals surface area contributed by atoms with Crippen LogP contribution in [0.3, 0.4) is 0 Å². The van der Waals surface area contributed by atoms with Crippen molar-refractivity contribution in [1.82, 2.24) is 14.8 Å². The number of ether oxygens (including phenoxy) is 1. The van der Waals surface area contributed by atoms with Gasteiger partial charge in [-0.25, -0.2) is 4.98 Å². The number of hydrogen-bond acceptors (Lipinski definition) is 7. The Bertz CT molecular complexity index is 1270. The third-order valence-corrected chi connectivity index (χ3v) is 7.50. The molecule has 9 heteroatoms. The molecule has 2 saturated heterocycles. The van der Waals surface area contributed by atoms with E-state index in [0.29, 0.717) is 16.3 Å². The molecule has 5 rings (SSSR count). The van der Waals surface area contributed by atoms with Gasteiger partial charge in [0.1, 0.15) is 16.4 Å². The van der Waals surface area contributed by atoms with Crippen LogP contribution in [0.1, 0.15) is 9.67 Å². The Hall–Kier alpha value is -3.69. The van der Waals surface area contributed by atoms with Crippen molar-refractivity contribution in [2.24, 2.45) is 11.1 Å². The molecule has 3 aromatic rings. The van der Waals surface area contributed by atoms with E-state index < -0.39 is 5.91 Å². The highest BCUT2D eigenvalue weighted by molar-refractivity contribution is 7.18. The van der Waals surface area contributed by atoms with E-state index >= 15 is 0 Å². The van der Waals surface area contributed by atoms with Crippen molar-refractivity contribution >= 4 is 28.3 Å². The first kappa shape index (κ1) is 24.0. The summed E-state index contributed by atoms with van der Waals surface area (Å²) in [5.74, 6) is 1.03. The summed E-state index contributed by atoms with van der Waals surface area (Å²) >= 11 is 1.32. The summed E-state index contributed by atoms with van der Waals surface area (Å²) in [5, 5.41) is 0.782. The second kappa shape index (κ2) is 9.75. The highest BCUT2D eigenvalue weighted by Gasteiger charge is 2.53. The molecule has 186 valence electrons. The summed E-state index contributed by atoms with van der Waals surface area (Å²) in [5.41, 5.74) is 7.20. The Morgan fingerprint density at radius 3 is 2.36 bits per heavy atom. The molecular formula is C27H29N5O3S. The molecule has 3 heterocycles. The number of nitrogens with two attached hydrogens (primary N) is 1. The topological polar surface area (TPSA) is 92.0 Å². The van der Waals surface area contributed by atoms with Crippen LogP contribution in [0, 0.1) is 5.41 Å². The zero-order valence-corrected chi connectivity index (χ0v) is 21.2. The van der Waals surface area contributed by atoms with Gasteiger partial charge in [-0.1, -0.05) is 35.6 Å². The van der Waals surface area contributed by atoms with E-state index in [1.54, 1.807) is 6.08 Å². The molecule has 2 aliphatic heterocycles. The van der Waals surface area contributed by atoms with Crippen molar-refractivity contribution in [2.75, 3.05) is 51.7 Å². The molecule has 1 spiro atoms. The highest BCUT2D eigenvalue weighted by atomic mass is 32.1. The maximum Gasteiger partial charge on any atom is 0.261 e. The van der Waals surface area contributed by atoms with E-state index in [9.17, 15) is 9.59 Å². The lowest BCUT2D eigenvalue weighted by atomic mass is 9.73. The van der Waals surface area contributed by atoms with E-state index in [0.717, 1.165) is 49.2 Å². The minimum Gasteiger partial charge on any atom is -0.457 e. The second-order valence-electron chi connectivity index (χ2n) is 9.69. The van der Waals surface area contributed by atoms with E-state index in [-0.39, 0.29) is 11.3 Å². The van der Waals surface area contributed by atoms with Crippen LogP contribution in [0.5, 0.6) is 11.5 Å². The number of para-hydroxylation sites is 1. The van der Waals surface area contributed by atoms with Gasteiger partial charge < -0.3 is 25.2 Å². The summed E-state index contributed by atoms with van der Waals surface area (Å²) < 4.78 is 5.86. The number of primary amides is 1.